The predicted molar refractivity (Wildman–Crippen MR) is 136 cm³/mol. The molecule has 0 atom stereocenters. The second-order valence-electron chi connectivity index (χ2n) is 7.83. The SMILES string of the molecule is COc1cc(OCc2ccccn2)ccc1/C=C/C1=NCC(/C=C/c2cc3ccccc3o2)=C1. The largest absolute Gasteiger partial charge is 0.496 e. The highest BCUT2D eigenvalue weighted by Crippen LogP contribution is 2.27. The number of para-hydroxylation sites is 1. The zero-order valence-corrected chi connectivity index (χ0v) is 18.8. The van der Waals surface area contributed by atoms with E-state index in [1.807, 2.05) is 85.0 Å². The number of rotatable bonds is 8. The van der Waals surface area contributed by atoms with Crippen molar-refractivity contribution in [2.45, 2.75) is 6.61 Å². The molecule has 168 valence electrons. The van der Waals surface area contributed by atoms with Gasteiger partial charge in [0.25, 0.3) is 0 Å². The van der Waals surface area contributed by atoms with Gasteiger partial charge in [0.2, 0.25) is 0 Å². The van der Waals surface area contributed by atoms with Crippen molar-refractivity contribution in [3.8, 4) is 11.5 Å². The van der Waals surface area contributed by atoms with Gasteiger partial charge in [-0.15, -0.1) is 0 Å². The number of nitrogens with zero attached hydrogens (tertiary/aromatic N) is 2. The molecule has 4 aromatic rings. The van der Waals surface area contributed by atoms with Crippen LogP contribution in [0.3, 0.4) is 0 Å². The lowest BCUT2D eigenvalue weighted by atomic mass is 10.1. The number of allylic oxidation sites excluding steroid dienone is 2. The van der Waals surface area contributed by atoms with E-state index in [1.54, 1.807) is 13.3 Å². The summed E-state index contributed by atoms with van der Waals surface area (Å²) in [5.74, 6) is 2.30. The molecule has 2 aromatic heterocycles. The maximum absolute atomic E-state index is 5.85. The minimum absolute atomic E-state index is 0.408. The van der Waals surface area contributed by atoms with Gasteiger partial charge in [-0.3, -0.25) is 9.98 Å². The Labute approximate surface area is 198 Å². The highest BCUT2D eigenvalue weighted by Gasteiger charge is 2.07. The number of methoxy groups -OCH3 is 1. The molecule has 1 aliphatic heterocycles. The summed E-state index contributed by atoms with van der Waals surface area (Å²) in [6, 6.07) is 21.6. The Kier molecular flexibility index (Phi) is 6.34. The molecule has 0 spiro atoms. The van der Waals surface area contributed by atoms with Gasteiger partial charge in [0.1, 0.15) is 29.4 Å². The third-order valence-corrected chi connectivity index (χ3v) is 5.44. The monoisotopic (exact) mass is 448 g/mol. The van der Waals surface area contributed by atoms with Crippen molar-refractivity contribution in [3.05, 3.63) is 114 Å². The maximum Gasteiger partial charge on any atom is 0.134 e. The highest BCUT2D eigenvalue weighted by atomic mass is 16.5. The fourth-order valence-corrected chi connectivity index (χ4v) is 3.67. The van der Waals surface area contributed by atoms with Gasteiger partial charge in [-0.25, -0.2) is 0 Å². The van der Waals surface area contributed by atoms with Crippen molar-refractivity contribution in [1.82, 2.24) is 4.98 Å². The quantitative estimate of drug-likeness (QED) is 0.308. The smallest absolute Gasteiger partial charge is 0.134 e. The maximum atomic E-state index is 5.85. The first-order valence-corrected chi connectivity index (χ1v) is 11.1. The Morgan fingerprint density at radius 3 is 2.71 bits per heavy atom. The van der Waals surface area contributed by atoms with E-state index in [1.165, 1.54) is 0 Å². The van der Waals surface area contributed by atoms with Crippen molar-refractivity contribution in [2.24, 2.45) is 4.99 Å². The summed E-state index contributed by atoms with van der Waals surface area (Å²) in [6.45, 7) is 1.05. The molecule has 0 aliphatic carbocycles. The Bertz CT molecular complexity index is 1380. The third-order valence-electron chi connectivity index (χ3n) is 5.44. The Morgan fingerprint density at radius 1 is 0.941 bits per heavy atom. The molecule has 5 heteroatoms. The van der Waals surface area contributed by atoms with Gasteiger partial charge in [0.05, 0.1) is 25.1 Å². The van der Waals surface area contributed by atoms with Crippen LogP contribution in [0.5, 0.6) is 11.5 Å². The van der Waals surface area contributed by atoms with Crippen molar-refractivity contribution >= 4 is 28.8 Å². The summed E-state index contributed by atoms with van der Waals surface area (Å²) >= 11 is 0. The molecule has 34 heavy (non-hydrogen) atoms. The molecule has 0 saturated heterocycles. The van der Waals surface area contributed by atoms with Gasteiger partial charge in [0, 0.05) is 23.2 Å². The Morgan fingerprint density at radius 2 is 1.85 bits per heavy atom. The average Bonchev–Trinajstić information content (AvgIpc) is 3.52. The van der Waals surface area contributed by atoms with E-state index in [0.717, 1.165) is 50.8 Å². The predicted octanol–water partition coefficient (Wildman–Crippen LogP) is 6.52. The van der Waals surface area contributed by atoms with Gasteiger partial charge in [-0.05, 0) is 66.3 Å². The van der Waals surface area contributed by atoms with E-state index >= 15 is 0 Å². The number of aromatic nitrogens is 1. The molecule has 0 bridgehead atoms. The second kappa shape index (κ2) is 10.0. The molecular weight excluding hydrogens is 424 g/mol. The summed E-state index contributed by atoms with van der Waals surface area (Å²) in [5.41, 5.74) is 4.77. The number of aliphatic imine (C=N–C) groups is 1. The molecule has 0 saturated carbocycles. The first-order chi connectivity index (χ1) is 16.8. The zero-order chi connectivity index (χ0) is 23.2. The molecule has 0 unspecified atom stereocenters. The molecule has 0 radical (unpaired) electrons. The van der Waals surface area contributed by atoms with Crippen LogP contribution in [-0.4, -0.2) is 24.4 Å². The summed E-state index contributed by atoms with van der Waals surface area (Å²) in [6.07, 6.45) is 11.9. The molecule has 0 N–H and O–H groups in total. The van der Waals surface area contributed by atoms with Crippen molar-refractivity contribution in [3.63, 3.8) is 0 Å². The lowest BCUT2D eigenvalue weighted by Gasteiger charge is -2.09. The van der Waals surface area contributed by atoms with Gasteiger partial charge < -0.3 is 13.9 Å². The number of hydrogen-bond donors (Lipinski definition) is 0. The number of fused-ring (bicyclic) bond motifs is 1. The highest BCUT2D eigenvalue weighted by molar-refractivity contribution is 6.08. The van der Waals surface area contributed by atoms with E-state index in [0.29, 0.717) is 13.2 Å². The average molecular weight is 449 g/mol. The summed E-state index contributed by atoms with van der Waals surface area (Å²) in [7, 11) is 1.66. The van der Waals surface area contributed by atoms with Crippen LogP contribution in [0.2, 0.25) is 0 Å². The topological polar surface area (TPSA) is 56.9 Å². The first-order valence-electron chi connectivity index (χ1n) is 11.1. The third kappa shape index (κ3) is 5.15. The minimum atomic E-state index is 0.408. The van der Waals surface area contributed by atoms with Crippen LogP contribution in [0.25, 0.3) is 23.1 Å². The van der Waals surface area contributed by atoms with E-state index in [-0.39, 0.29) is 0 Å². The number of pyridine rings is 1. The van der Waals surface area contributed by atoms with E-state index < -0.39 is 0 Å². The second-order valence-corrected chi connectivity index (χ2v) is 7.83. The molecule has 5 rings (SSSR count). The Hall–Kier alpha value is -4.38. The molecular formula is C29H24N2O3. The molecule has 0 fully saturated rings. The lowest BCUT2D eigenvalue weighted by Crippen LogP contribution is -1.98. The first kappa shape index (κ1) is 21.5. The molecule has 3 heterocycles. The van der Waals surface area contributed by atoms with Crippen LogP contribution in [-0.2, 0) is 6.61 Å². The lowest BCUT2D eigenvalue weighted by molar-refractivity contribution is 0.299. The van der Waals surface area contributed by atoms with Gasteiger partial charge in [-0.2, -0.15) is 0 Å². The van der Waals surface area contributed by atoms with Crippen LogP contribution >= 0.6 is 0 Å². The van der Waals surface area contributed by atoms with E-state index in [4.69, 9.17) is 13.9 Å². The van der Waals surface area contributed by atoms with Gasteiger partial charge in [0.15, 0.2) is 0 Å². The summed E-state index contributed by atoms with van der Waals surface area (Å²) < 4.78 is 17.3. The molecule has 1 aliphatic rings. The van der Waals surface area contributed by atoms with Crippen LogP contribution in [0.15, 0.2) is 106 Å². The molecule has 5 nitrogen and oxygen atoms in total. The fraction of sp³-hybridized carbons (Fsp3) is 0.103. The zero-order valence-electron chi connectivity index (χ0n) is 18.8. The number of benzene rings is 2. The van der Waals surface area contributed by atoms with E-state index in [9.17, 15) is 0 Å². The Balaban J connectivity index is 1.22. The summed E-state index contributed by atoms with van der Waals surface area (Å²) in [5, 5.41) is 1.10. The van der Waals surface area contributed by atoms with Crippen LogP contribution in [0.1, 0.15) is 17.0 Å². The van der Waals surface area contributed by atoms with Crippen molar-refractivity contribution in [2.75, 3.05) is 13.7 Å². The van der Waals surface area contributed by atoms with Crippen molar-refractivity contribution in [1.29, 1.82) is 0 Å². The van der Waals surface area contributed by atoms with Gasteiger partial charge in [-0.1, -0.05) is 30.3 Å². The minimum Gasteiger partial charge on any atom is -0.496 e. The number of ether oxygens (including phenoxy) is 2. The van der Waals surface area contributed by atoms with Gasteiger partial charge >= 0.3 is 0 Å². The molecule has 2 aromatic carbocycles. The normalized spacial score (nSPS) is 13.6. The van der Waals surface area contributed by atoms with Crippen molar-refractivity contribution < 1.29 is 13.9 Å². The number of furan rings is 1. The number of hydrogen-bond acceptors (Lipinski definition) is 5. The van der Waals surface area contributed by atoms with Crippen LogP contribution in [0, 0.1) is 0 Å². The van der Waals surface area contributed by atoms with Crippen LogP contribution in [0.4, 0.5) is 0 Å². The van der Waals surface area contributed by atoms with Crippen LogP contribution < -0.4 is 9.47 Å². The summed E-state index contributed by atoms with van der Waals surface area (Å²) in [4.78, 5) is 8.88. The van der Waals surface area contributed by atoms with E-state index in [2.05, 4.69) is 22.1 Å². The fourth-order valence-electron chi connectivity index (χ4n) is 3.67. The standard InChI is InChI=1S/C29H24N2O3/c1-32-29-18-26(33-20-25-7-4-5-15-30-25)14-11-22(29)10-12-24-16-21(19-31-24)9-13-27-17-23-6-2-3-8-28(23)34-27/h2-18H,19-20H2,1H3/b12-10+,13-9+. The molecule has 0 amide bonds.